The van der Waals surface area contributed by atoms with Gasteiger partial charge in [0.05, 0.1) is 16.4 Å². The van der Waals surface area contributed by atoms with E-state index in [0.29, 0.717) is 26.6 Å². The van der Waals surface area contributed by atoms with Crippen LogP contribution in [0.5, 0.6) is 0 Å². The van der Waals surface area contributed by atoms with E-state index in [1.807, 2.05) is 42.5 Å². The Morgan fingerprint density at radius 2 is 1.55 bits per heavy atom. The van der Waals surface area contributed by atoms with Gasteiger partial charge in [-0.05, 0) is 54.6 Å². The number of aromatic nitrogens is 3. The average Bonchev–Trinajstić information content (AvgIpc) is 3.17. The maximum atomic E-state index is 12.8. The third-order valence-corrected chi connectivity index (χ3v) is 4.89. The molecule has 144 valence electrons. The summed E-state index contributed by atoms with van der Waals surface area (Å²) in [5.41, 5.74) is 1.97. The van der Waals surface area contributed by atoms with Crippen molar-refractivity contribution in [2.75, 3.05) is 5.32 Å². The summed E-state index contributed by atoms with van der Waals surface area (Å²) in [5.74, 6) is 0.0316. The molecule has 0 saturated heterocycles. The molecule has 0 fully saturated rings. The fourth-order valence-corrected chi connectivity index (χ4v) is 3.29. The second-order valence-corrected chi connectivity index (χ2v) is 7.37. The zero-order chi connectivity index (χ0) is 20.4. The lowest BCUT2D eigenvalue weighted by atomic mass is 10.2. The number of amides is 1. The van der Waals surface area contributed by atoms with Crippen LogP contribution in [-0.4, -0.2) is 20.7 Å². The second kappa shape index (κ2) is 8.25. The number of hydrogen-bond acceptors (Lipinski definition) is 3. The van der Waals surface area contributed by atoms with Gasteiger partial charge in [0.15, 0.2) is 5.82 Å². The lowest BCUT2D eigenvalue weighted by Gasteiger charge is -2.05. The molecule has 0 radical (unpaired) electrons. The molecule has 0 bridgehead atoms. The number of nitrogens with zero attached hydrogens (tertiary/aromatic N) is 3. The molecule has 3 aromatic carbocycles. The van der Waals surface area contributed by atoms with E-state index in [9.17, 15) is 4.79 Å². The van der Waals surface area contributed by atoms with E-state index in [1.165, 1.54) is 0 Å². The van der Waals surface area contributed by atoms with Gasteiger partial charge < -0.3 is 5.32 Å². The van der Waals surface area contributed by atoms with E-state index in [2.05, 4.69) is 15.4 Å². The van der Waals surface area contributed by atoms with Gasteiger partial charge in [-0.25, -0.2) is 9.67 Å². The van der Waals surface area contributed by atoms with Crippen LogP contribution in [0.15, 0.2) is 72.8 Å². The Balaban J connectivity index is 1.74. The third kappa shape index (κ3) is 4.27. The molecule has 0 atom stereocenters. The van der Waals surface area contributed by atoms with E-state index in [1.54, 1.807) is 35.0 Å². The lowest BCUT2D eigenvalue weighted by Crippen LogP contribution is -2.14. The number of benzene rings is 3. The Morgan fingerprint density at radius 3 is 2.24 bits per heavy atom. The van der Waals surface area contributed by atoms with E-state index < -0.39 is 5.91 Å². The molecule has 5 nitrogen and oxygen atoms in total. The van der Waals surface area contributed by atoms with Crippen LogP contribution in [0.1, 0.15) is 10.6 Å². The van der Waals surface area contributed by atoms with Gasteiger partial charge >= 0.3 is 0 Å². The number of nitrogens with one attached hydrogen (secondary N) is 1. The number of hydrogen-bond donors (Lipinski definition) is 1. The first-order valence-electron chi connectivity index (χ1n) is 8.56. The Hall–Kier alpha value is -2.86. The largest absolute Gasteiger partial charge is 0.318 e. The summed E-state index contributed by atoms with van der Waals surface area (Å²) >= 11 is 18.1. The zero-order valence-electron chi connectivity index (χ0n) is 14.8. The number of para-hydroxylation sites is 1. The van der Waals surface area contributed by atoms with Gasteiger partial charge in [0, 0.05) is 15.6 Å². The average molecular weight is 444 g/mol. The van der Waals surface area contributed by atoms with Crippen LogP contribution in [0, 0.1) is 0 Å². The van der Waals surface area contributed by atoms with Crippen molar-refractivity contribution in [3.05, 3.63) is 93.7 Å². The van der Waals surface area contributed by atoms with Crippen LogP contribution >= 0.6 is 34.8 Å². The molecule has 0 unspecified atom stereocenters. The van der Waals surface area contributed by atoms with Crippen LogP contribution in [0.2, 0.25) is 15.1 Å². The molecule has 4 rings (SSSR count). The van der Waals surface area contributed by atoms with Gasteiger partial charge in [0.2, 0.25) is 5.82 Å². The summed E-state index contributed by atoms with van der Waals surface area (Å²) in [6.07, 6.45) is 0. The van der Waals surface area contributed by atoms with Crippen LogP contribution in [0.4, 0.5) is 5.69 Å². The summed E-state index contributed by atoms with van der Waals surface area (Å²) in [6.45, 7) is 0. The first kappa shape index (κ1) is 19.5. The molecule has 0 saturated carbocycles. The van der Waals surface area contributed by atoms with Crippen LogP contribution < -0.4 is 5.32 Å². The standard InChI is InChI=1S/C21H13Cl3N4O/c22-14-8-6-13(7-9-14)20-26-19(27-28(20)16-4-2-1-3-5-16)21(29)25-18-11-10-15(23)12-17(18)24/h1-12H,(H,25,29). The van der Waals surface area contributed by atoms with Crippen molar-refractivity contribution in [1.29, 1.82) is 0 Å². The Labute approximate surface area is 181 Å². The normalized spacial score (nSPS) is 10.7. The first-order chi connectivity index (χ1) is 14.0. The van der Waals surface area contributed by atoms with Gasteiger partial charge in [-0.15, -0.1) is 5.10 Å². The third-order valence-electron chi connectivity index (χ3n) is 4.09. The molecular weight excluding hydrogens is 431 g/mol. The second-order valence-electron chi connectivity index (χ2n) is 6.09. The van der Waals surface area contributed by atoms with Crippen molar-refractivity contribution in [1.82, 2.24) is 14.8 Å². The predicted octanol–water partition coefficient (Wildman–Crippen LogP) is 6.15. The van der Waals surface area contributed by atoms with Crippen molar-refractivity contribution < 1.29 is 4.79 Å². The number of anilines is 1. The molecular formula is C21H13Cl3N4O. The molecule has 0 aliphatic heterocycles. The Bertz CT molecular complexity index is 1170. The lowest BCUT2D eigenvalue weighted by molar-refractivity contribution is 0.101. The van der Waals surface area contributed by atoms with Crippen LogP contribution in [0.25, 0.3) is 17.1 Å². The maximum absolute atomic E-state index is 12.8. The predicted molar refractivity (Wildman–Crippen MR) is 116 cm³/mol. The minimum absolute atomic E-state index is 0.00446. The number of carbonyl (C=O) groups is 1. The summed E-state index contributed by atoms with van der Waals surface area (Å²) in [7, 11) is 0. The number of rotatable bonds is 4. The number of carbonyl (C=O) groups excluding carboxylic acids is 1. The summed E-state index contributed by atoms with van der Waals surface area (Å²) in [6, 6.07) is 21.4. The molecule has 0 spiro atoms. The van der Waals surface area contributed by atoms with Crippen LogP contribution in [0.3, 0.4) is 0 Å². The van der Waals surface area contributed by atoms with Gasteiger partial charge in [-0.3, -0.25) is 4.79 Å². The highest BCUT2D eigenvalue weighted by atomic mass is 35.5. The number of halogens is 3. The molecule has 1 N–H and O–H groups in total. The molecule has 1 amide bonds. The minimum atomic E-state index is -0.487. The van der Waals surface area contributed by atoms with Crippen molar-refractivity contribution in [2.24, 2.45) is 0 Å². The first-order valence-corrected chi connectivity index (χ1v) is 9.69. The van der Waals surface area contributed by atoms with Crippen molar-refractivity contribution in [2.45, 2.75) is 0 Å². The smallest absolute Gasteiger partial charge is 0.295 e. The van der Waals surface area contributed by atoms with Gasteiger partial charge in [0.1, 0.15) is 0 Å². The quantitative estimate of drug-likeness (QED) is 0.412. The fourth-order valence-electron chi connectivity index (χ4n) is 2.71. The van der Waals surface area contributed by atoms with E-state index in [0.717, 1.165) is 11.3 Å². The van der Waals surface area contributed by atoms with Crippen molar-refractivity contribution >= 4 is 46.4 Å². The van der Waals surface area contributed by atoms with Gasteiger partial charge in [-0.1, -0.05) is 53.0 Å². The highest BCUT2D eigenvalue weighted by molar-refractivity contribution is 6.36. The highest BCUT2D eigenvalue weighted by Crippen LogP contribution is 2.27. The van der Waals surface area contributed by atoms with Crippen molar-refractivity contribution in [3.8, 4) is 17.1 Å². The maximum Gasteiger partial charge on any atom is 0.295 e. The highest BCUT2D eigenvalue weighted by Gasteiger charge is 2.19. The summed E-state index contributed by atoms with van der Waals surface area (Å²) in [4.78, 5) is 17.2. The zero-order valence-corrected chi connectivity index (χ0v) is 17.1. The molecule has 4 aromatic rings. The summed E-state index contributed by atoms with van der Waals surface area (Å²) in [5, 5.41) is 8.54. The molecule has 1 heterocycles. The molecule has 8 heteroatoms. The molecule has 1 aromatic heterocycles. The van der Waals surface area contributed by atoms with Crippen LogP contribution in [-0.2, 0) is 0 Å². The fraction of sp³-hybridized carbons (Fsp3) is 0. The molecule has 29 heavy (non-hydrogen) atoms. The monoisotopic (exact) mass is 442 g/mol. The van der Waals surface area contributed by atoms with E-state index in [4.69, 9.17) is 34.8 Å². The molecule has 0 aliphatic rings. The summed E-state index contributed by atoms with van der Waals surface area (Å²) < 4.78 is 1.61. The Morgan fingerprint density at radius 1 is 0.862 bits per heavy atom. The topological polar surface area (TPSA) is 59.8 Å². The van der Waals surface area contributed by atoms with E-state index >= 15 is 0 Å². The minimum Gasteiger partial charge on any atom is -0.318 e. The van der Waals surface area contributed by atoms with E-state index in [-0.39, 0.29) is 5.82 Å². The SMILES string of the molecule is O=C(Nc1ccc(Cl)cc1Cl)c1nc(-c2ccc(Cl)cc2)n(-c2ccccc2)n1. The van der Waals surface area contributed by atoms with Gasteiger partial charge in [-0.2, -0.15) is 0 Å². The van der Waals surface area contributed by atoms with Crippen molar-refractivity contribution in [3.63, 3.8) is 0 Å². The molecule has 0 aliphatic carbocycles. The Kier molecular flexibility index (Phi) is 5.53. The van der Waals surface area contributed by atoms with Gasteiger partial charge in [0.25, 0.3) is 5.91 Å².